The van der Waals surface area contributed by atoms with Crippen LogP contribution in [0.4, 0.5) is 0 Å². The van der Waals surface area contributed by atoms with Crippen LogP contribution in [-0.4, -0.2) is 20.9 Å². The highest BCUT2D eigenvalue weighted by Gasteiger charge is 2.22. The highest BCUT2D eigenvalue weighted by atomic mass is 35.5. The smallest absolute Gasteiger partial charge is 0.329 e. The minimum Gasteiger partial charge on any atom is -0.480 e. The van der Waals surface area contributed by atoms with Crippen molar-refractivity contribution in [1.29, 1.82) is 0 Å². The van der Waals surface area contributed by atoms with E-state index in [9.17, 15) is 9.36 Å². The summed E-state index contributed by atoms with van der Waals surface area (Å²) in [6.45, 7) is 0. The molecule has 0 saturated heterocycles. The monoisotopic (exact) mass is 313 g/mol. The summed E-state index contributed by atoms with van der Waals surface area (Å²) in [6, 6.07) is 1.06. The van der Waals surface area contributed by atoms with Gasteiger partial charge in [-0.05, 0) is 17.7 Å². The maximum Gasteiger partial charge on any atom is 0.329 e. The van der Waals surface area contributed by atoms with E-state index < -0.39 is 25.8 Å². The second kappa shape index (κ2) is 5.57. The van der Waals surface area contributed by atoms with Crippen LogP contribution in [0.1, 0.15) is 17.2 Å². The van der Waals surface area contributed by atoms with E-state index in [1.54, 1.807) is 0 Å². The molecule has 0 heterocycles. The SMILES string of the molecule is NC(C(=O)O)c1cc(Cl)c(CP(=O)(O)O)cc1Cl. The number of carboxylic acids is 1. The number of hydrogen-bond donors (Lipinski definition) is 4. The zero-order valence-electron chi connectivity index (χ0n) is 8.88. The number of carboxylic acid groups (broad SMARTS) is 1. The van der Waals surface area contributed by atoms with Crippen molar-refractivity contribution < 1.29 is 24.3 Å². The first kappa shape index (κ1) is 15.4. The third-order valence-corrected chi connectivity index (χ3v) is 3.57. The summed E-state index contributed by atoms with van der Waals surface area (Å²) in [6.07, 6.45) is -0.575. The Bertz CT molecular complexity index is 530. The molecule has 0 bridgehead atoms. The summed E-state index contributed by atoms with van der Waals surface area (Å²) < 4.78 is 10.9. The van der Waals surface area contributed by atoms with Gasteiger partial charge in [0.1, 0.15) is 6.04 Å². The molecule has 1 unspecified atom stereocenters. The van der Waals surface area contributed by atoms with Crippen LogP contribution in [0.25, 0.3) is 0 Å². The summed E-state index contributed by atoms with van der Waals surface area (Å²) in [4.78, 5) is 28.4. The van der Waals surface area contributed by atoms with Crippen LogP contribution in [0.3, 0.4) is 0 Å². The molecular formula is C9H10Cl2NO5P. The molecule has 100 valence electrons. The Morgan fingerprint density at radius 2 is 1.89 bits per heavy atom. The minimum atomic E-state index is -4.28. The molecular weight excluding hydrogens is 304 g/mol. The average Bonchev–Trinajstić information content (AvgIpc) is 2.19. The third kappa shape index (κ3) is 3.95. The van der Waals surface area contributed by atoms with E-state index in [4.69, 9.17) is 43.8 Å². The molecule has 0 aliphatic rings. The van der Waals surface area contributed by atoms with E-state index in [0.29, 0.717) is 0 Å². The van der Waals surface area contributed by atoms with Gasteiger partial charge < -0.3 is 20.6 Å². The molecule has 9 heteroatoms. The first-order valence-corrected chi connectivity index (χ1v) is 7.18. The number of benzene rings is 1. The van der Waals surface area contributed by atoms with E-state index in [1.807, 2.05) is 0 Å². The van der Waals surface area contributed by atoms with Gasteiger partial charge in [0.25, 0.3) is 0 Å². The van der Waals surface area contributed by atoms with E-state index >= 15 is 0 Å². The largest absolute Gasteiger partial charge is 0.480 e. The van der Waals surface area contributed by atoms with Crippen molar-refractivity contribution >= 4 is 36.8 Å². The van der Waals surface area contributed by atoms with Gasteiger partial charge in [0.2, 0.25) is 0 Å². The van der Waals surface area contributed by atoms with E-state index in [-0.39, 0.29) is 21.2 Å². The minimum absolute atomic E-state index is 0.00208. The van der Waals surface area contributed by atoms with Crippen molar-refractivity contribution in [3.05, 3.63) is 33.3 Å². The zero-order valence-corrected chi connectivity index (χ0v) is 11.3. The van der Waals surface area contributed by atoms with Crippen molar-refractivity contribution in [2.45, 2.75) is 12.2 Å². The van der Waals surface area contributed by atoms with Crippen LogP contribution in [0.2, 0.25) is 10.0 Å². The number of carbonyl (C=O) groups is 1. The molecule has 18 heavy (non-hydrogen) atoms. The Labute approximate surface area is 112 Å². The van der Waals surface area contributed by atoms with Crippen molar-refractivity contribution in [2.24, 2.45) is 5.73 Å². The normalized spacial score (nSPS) is 13.4. The molecule has 0 spiro atoms. The highest BCUT2D eigenvalue weighted by Crippen LogP contribution is 2.42. The fraction of sp³-hybridized carbons (Fsp3) is 0.222. The van der Waals surface area contributed by atoms with Gasteiger partial charge in [-0.1, -0.05) is 23.2 Å². The molecule has 0 aromatic heterocycles. The van der Waals surface area contributed by atoms with Crippen LogP contribution in [0.5, 0.6) is 0 Å². The molecule has 0 amide bonds. The van der Waals surface area contributed by atoms with Crippen molar-refractivity contribution in [3.63, 3.8) is 0 Å². The first-order chi connectivity index (χ1) is 8.11. The summed E-state index contributed by atoms with van der Waals surface area (Å²) >= 11 is 11.6. The van der Waals surface area contributed by atoms with Gasteiger partial charge in [0.15, 0.2) is 0 Å². The molecule has 1 rings (SSSR count). The second-order valence-electron chi connectivity index (χ2n) is 3.60. The molecule has 1 atom stereocenters. The van der Waals surface area contributed by atoms with Gasteiger partial charge >= 0.3 is 13.6 Å². The number of nitrogens with two attached hydrogens (primary N) is 1. The second-order valence-corrected chi connectivity index (χ2v) is 6.06. The number of halogens is 2. The zero-order chi connectivity index (χ0) is 14.1. The fourth-order valence-corrected chi connectivity index (χ4v) is 2.66. The fourth-order valence-electron chi connectivity index (χ4n) is 1.32. The number of hydrogen-bond acceptors (Lipinski definition) is 3. The summed E-state index contributed by atoms with van der Waals surface area (Å²) in [5.41, 5.74) is 5.61. The Balaban J connectivity index is 3.20. The average molecular weight is 314 g/mol. The molecule has 0 fully saturated rings. The van der Waals surface area contributed by atoms with Crippen LogP contribution in [0.15, 0.2) is 12.1 Å². The Hall–Kier alpha value is -0.620. The lowest BCUT2D eigenvalue weighted by Crippen LogP contribution is -2.21. The van der Waals surface area contributed by atoms with E-state index in [0.717, 1.165) is 0 Å². The maximum atomic E-state index is 10.9. The van der Waals surface area contributed by atoms with Gasteiger partial charge in [0, 0.05) is 15.6 Å². The molecule has 0 radical (unpaired) electrons. The molecule has 1 aromatic rings. The van der Waals surface area contributed by atoms with Gasteiger partial charge in [-0.15, -0.1) is 0 Å². The maximum absolute atomic E-state index is 10.9. The summed E-state index contributed by atoms with van der Waals surface area (Å²) in [5, 5.41) is 8.76. The Morgan fingerprint density at radius 1 is 1.33 bits per heavy atom. The molecule has 0 aliphatic heterocycles. The standard InChI is InChI=1S/C9H10Cl2NO5P/c10-6-2-5(8(12)9(13)14)7(11)1-4(6)3-18(15,16)17/h1-2,8H,3,12H2,(H,13,14)(H2,15,16,17). The lowest BCUT2D eigenvalue weighted by atomic mass is 10.1. The van der Waals surface area contributed by atoms with Crippen LogP contribution in [0, 0.1) is 0 Å². The third-order valence-electron chi connectivity index (χ3n) is 2.14. The van der Waals surface area contributed by atoms with Gasteiger partial charge in [0.05, 0.1) is 6.16 Å². The number of aliphatic carboxylic acids is 1. The van der Waals surface area contributed by atoms with E-state index in [1.165, 1.54) is 12.1 Å². The predicted octanol–water partition coefficient (Wildman–Crippen LogP) is 1.76. The molecule has 0 saturated carbocycles. The Kier molecular flexibility index (Phi) is 4.78. The van der Waals surface area contributed by atoms with Gasteiger partial charge in [-0.3, -0.25) is 9.36 Å². The lowest BCUT2D eigenvalue weighted by Gasteiger charge is -2.13. The molecule has 1 aromatic carbocycles. The highest BCUT2D eigenvalue weighted by molar-refractivity contribution is 7.50. The van der Waals surface area contributed by atoms with Crippen molar-refractivity contribution in [3.8, 4) is 0 Å². The van der Waals surface area contributed by atoms with Crippen molar-refractivity contribution in [2.75, 3.05) is 0 Å². The van der Waals surface area contributed by atoms with Crippen LogP contribution in [-0.2, 0) is 15.5 Å². The molecule has 5 N–H and O–H groups in total. The predicted molar refractivity (Wildman–Crippen MR) is 66.8 cm³/mol. The van der Waals surface area contributed by atoms with Gasteiger partial charge in [-0.2, -0.15) is 0 Å². The van der Waals surface area contributed by atoms with Crippen LogP contribution >= 0.6 is 30.8 Å². The van der Waals surface area contributed by atoms with Crippen LogP contribution < -0.4 is 5.73 Å². The van der Waals surface area contributed by atoms with E-state index in [2.05, 4.69) is 0 Å². The lowest BCUT2D eigenvalue weighted by molar-refractivity contribution is -0.138. The molecule has 6 nitrogen and oxygen atoms in total. The van der Waals surface area contributed by atoms with Gasteiger partial charge in [-0.25, -0.2) is 0 Å². The summed E-state index contributed by atoms with van der Waals surface area (Å²) in [7, 11) is -4.28. The Morgan fingerprint density at radius 3 is 2.33 bits per heavy atom. The van der Waals surface area contributed by atoms with Crippen molar-refractivity contribution in [1.82, 2.24) is 0 Å². The topological polar surface area (TPSA) is 121 Å². The molecule has 0 aliphatic carbocycles. The summed E-state index contributed by atoms with van der Waals surface area (Å²) in [5.74, 6) is -1.28. The number of rotatable bonds is 4. The first-order valence-electron chi connectivity index (χ1n) is 4.62. The quantitative estimate of drug-likeness (QED) is 0.628.